The highest BCUT2D eigenvalue weighted by atomic mass is 35.5. The standard InChI is InChI=1S/C21H18Cl2F5NO2/c22-14-5-1-3-12(16(14)21(26,27)28)19(30)29-18(13-4-2-6-15(25)17(13)23)20(31)9-7-11(24)8-10-20/h1-6,11,18,31H,7-10H2,(H,29,30). The van der Waals surface area contributed by atoms with Crippen LogP contribution in [0.5, 0.6) is 0 Å². The summed E-state index contributed by atoms with van der Waals surface area (Å²) in [6.45, 7) is 0. The lowest BCUT2D eigenvalue weighted by Gasteiger charge is -2.41. The van der Waals surface area contributed by atoms with Gasteiger partial charge in [-0.3, -0.25) is 4.79 Å². The molecule has 0 aromatic heterocycles. The van der Waals surface area contributed by atoms with Gasteiger partial charge in [-0.05, 0) is 49.4 Å². The molecule has 0 bridgehead atoms. The summed E-state index contributed by atoms with van der Waals surface area (Å²) in [5, 5.41) is 12.5. The number of carbonyl (C=O) groups is 1. The van der Waals surface area contributed by atoms with Gasteiger partial charge in [0.15, 0.2) is 0 Å². The normalized spacial score (nSPS) is 22.8. The minimum atomic E-state index is -4.92. The van der Waals surface area contributed by atoms with Crippen LogP contribution in [0.4, 0.5) is 22.0 Å². The molecule has 0 spiro atoms. The number of alkyl halides is 4. The van der Waals surface area contributed by atoms with E-state index < -0.39 is 56.9 Å². The Kier molecular flexibility index (Phi) is 6.84. The fraction of sp³-hybridized carbons (Fsp3) is 0.381. The Morgan fingerprint density at radius 3 is 2.35 bits per heavy atom. The average Bonchev–Trinajstić information content (AvgIpc) is 2.69. The molecule has 1 atom stereocenters. The number of nitrogens with one attached hydrogen (secondary N) is 1. The zero-order valence-electron chi connectivity index (χ0n) is 15.9. The third-order valence-electron chi connectivity index (χ3n) is 5.43. The van der Waals surface area contributed by atoms with Crippen molar-refractivity contribution in [2.75, 3.05) is 0 Å². The van der Waals surface area contributed by atoms with Crippen LogP contribution in [0, 0.1) is 5.82 Å². The Hall–Kier alpha value is -1.90. The van der Waals surface area contributed by atoms with Crippen LogP contribution in [0.2, 0.25) is 10.0 Å². The van der Waals surface area contributed by atoms with E-state index in [1.807, 2.05) is 0 Å². The Morgan fingerprint density at radius 2 is 1.74 bits per heavy atom. The van der Waals surface area contributed by atoms with Crippen LogP contribution >= 0.6 is 23.2 Å². The van der Waals surface area contributed by atoms with Gasteiger partial charge in [0.05, 0.1) is 32.8 Å². The molecular formula is C21H18Cl2F5NO2. The predicted octanol–water partition coefficient (Wildman–Crippen LogP) is 6.27. The maximum atomic E-state index is 14.1. The summed E-state index contributed by atoms with van der Waals surface area (Å²) in [5.41, 5.74) is -3.87. The van der Waals surface area contributed by atoms with Crippen molar-refractivity contribution in [2.45, 2.75) is 49.7 Å². The Balaban J connectivity index is 2.05. The van der Waals surface area contributed by atoms with Crippen molar-refractivity contribution in [2.24, 2.45) is 0 Å². The average molecular weight is 482 g/mol. The van der Waals surface area contributed by atoms with Crippen LogP contribution in [0.1, 0.15) is 53.2 Å². The van der Waals surface area contributed by atoms with Gasteiger partial charge in [0.1, 0.15) is 12.0 Å². The monoisotopic (exact) mass is 481 g/mol. The van der Waals surface area contributed by atoms with Crippen molar-refractivity contribution in [1.82, 2.24) is 5.32 Å². The molecule has 2 aromatic rings. The van der Waals surface area contributed by atoms with Crippen LogP contribution in [-0.2, 0) is 6.18 Å². The summed E-state index contributed by atoms with van der Waals surface area (Å²) in [5.74, 6) is -2.02. The first-order chi connectivity index (χ1) is 14.4. The Labute approximate surface area is 185 Å². The molecular weight excluding hydrogens is 464 g/mol. The third kappa shape index (κ3) is 4.96. The van der Waals surface area contributed by atoms with Crippen LogP contribution in [0.25, 0.3) is 0 Å². The second kappa shape index (κ2) is 8.92. The van der Waals surface area contributed by atoms with Crippen molar-refractivity contribution in [3.8, 4) is 0 Å². The molecule has 2 aromatic carbocycles. The molecule has 0 saturated heterocycles. The van der Waals surface area contributed by atoms with E-state index in [1.165, 1.54) is 18.2 Å². The molecule has 1 unspecified atom stereocenters. The van der Waals surface area contributed by atoms with E-state index in [4.69, 9.17) is 23.2 Å². The molecule has 0 radical (unpaired) electrons. The first-order valence-corrected chi connectivity index (χ1v) is 10.2. The van der Waals surface area contributed by atoms with E-state index >= 15 is 0 Å². The molecule has 2 N–H and O–H groups in total. The van der Waals surface area contributed by atoms with Crippen LogP contribution in [0.15, 0.2) is 36.4 Å². The highest BCUT2D eigenvalue weighted by Crippen LogP contribution is 2.43. The SMILES string of the molecule is O=C(NC(c1cccc(F)c1Cl)C1(O)CCC(F)CC1)c1cccc(Cl)c1C(F)(F)F. The molecule has 0 heterocycles. The summed E-state index contributed by atoms with van der Waals surface area (Å²) >= 11 is 11.7. The van der Waals surface area contributed by atoms with Crippen molar-refractivity contribution < 1.29 is 31.9 Å². The van der Waals surface area contributed by atoms with E-state index in [0.717, 1.165) is 18.2 Å². The van der Waals surface area contributed by atoms with E-state index in [-0.39, 0.29) is 31.2 Å². The summed E-state index contributed by atoms with van der Waals surface area (Å²) in [7, 11) is 0. The summed E-state index contributed by atoms with van der Waals surface area (Å²) < 4.78 is 68.2. The molecule has 1 aliphatic carbocycles. The number of halogens is 7. The first kappa shape index (κ1) is 23.8. The van der Waals surface area contributed by atoms with Gasteiger partial charge < -0.3 is 10.4 Å². The number of amides is 1. The van der Waals surface area contributed by atoms with E-state index in [0.29, 0.717) is 0 Å². The molecule has 1 aliphatic rings. The second-order valence-corrected chi connectivity index (χ2v) is 8.27. The number of aliphatic hydroxyl groups is 1. The third-order valence-corrected chi connectivity index (χ3v) is 6.14. The molecule has 10 heteroatoms. The molecule has 1 saturated carbocycles. The molecule has 1 fully saturated rings. The molecule has 168 valence electrons. The van der Waals surface area contributed by atoms with Crippen LogP contribution in [0.3, 0.4) is 0 Å². The number of hydrogen-bond donors (Lipinski definition) is 2. The maximum Gasteiger partial charge on any atom is 0.418 e. The zero-order valence-corrected chi connectivity index (χ0v) is 17.5. The number of rotatable bonds is 4. The van der Waals surface area contributed by atoms with Crippen molar-refractivity contribution in [3.63, 3.8) is 0 Å². The topological polar surface area (TPSA) is 49.3 Å². The van der Waals surface area contributed by atoms with Crippen LogP contribution < -0.4 is 5.32 Å². The predicted molar refractivity (Wildman–Crippen MR) is 106 cm³/mol. The Bertz CT molecular complexity index is 975. The smallest absolute Gasteiger partial charge is 0.387 e. The molecule has 3 nitrogen and oxygen atoms in total. The molecule has 3 rings (SSSR count). The van der Waals surface area contributed by atoms with Crippen molar-refractivity contribution in [1.29, 1.82) is 0 Å². The van der Waals surface area contributed by atoms with Crippen molar-refractivity contribution in [3.05, 3.63) is 69.0 Å². The van der Waals surface area contributed by atoms with Gasteiger partial charge in [-0.15, -0.1) is 0 Å². The van der Waals surface area contributed by atoms with E-state index in [2.05, 4.69) is 5.32 Å². The van der Waals surface area contributed by atoms with Crippen LogP contribution in [-0.4, -0.2) is 22.8 Å². The summed E-state index contributed by atoms with van der Waals surface area (Å²) in [6.07, 6.45) is -6.34. The number of benzene rings is 2. The van der Waals surface area contributed by atoms with Gasteiger partial charge in [-0.25, -0.2) is 8.78 Å². The van der Waals surface area contributed by atoms with Gasteiger partial charge >= 0.3 is 6.18 Å². The largest absolute Gasteiger partial charge is 0.418 e. The quantitative estimate of drug-likeness (QED) is 0.505. The Morgan fingerprint density at radius 1 is 1.13 bits per heavy atom. The minimum Gasteiger partial charge on any atom is -0.387 e. The first-order valence-electron chi connectivity index (χ1n) is 9.41. The summed E-state index contributed by atoms with van der Waals surface area (Å²) in [6, 6.07) is 5.44. The number of carbonyl (C=O) groups excluding carboxylic acids is 1. The molecule has 0 aliphatic heterocycles. The lowest BCUT2D eigenvalue weighted by atomic mass is 9.76. The van der Waals surface area contributed by atoms with Gasteiger partial charge in [0, 0.05) is 0 Å². The lowest BCUT2D eigenvalue weighted by Crippen LogP contribution is -2.49. The second-order valence-electron chi connectivity index (χ2n) is 7.49. The highest BCUT2D eigenvalue weighted by Gasteiger charge is 2.44. The molecule has 1 amide bonds. The lowest BCUT2D eigenvalue weighted by molar-refractivity contribution is -0.137. The maximum absolute atomic E-state index is 14.1. The molecule has 31 heavy (non-hydrogen) atoms. The van der Waals surface area contributed by atoms with E-state index in [9.17, 15) is 31.9 Å². The fourth-order valence-corrected chi connectivity index (χ4v) is 4.34. The van der Waals surface area contributed by atoms with Gasteiger partial charge in [-0.1, -0.05) is 41.4 Å². The number of hydrogen-bond acceptors (Lipinski definition) is 2. The van der Waals surface area contributed by atoms with Gasteiger partial charge in [0.2, 0.25) is 0 Å². The minimum absolute atomic E-state index is 0.0228. The van der Waals surface area contributed by atoms with Crippen molar-refractivity contribution >= 4 is 29.1 Å². The fourth-order valence-electron chi connectivity index (χ4n) is 3.83. The highest BCUT2D eigenvalue weighted by molar-refractivity contribution is 6.32. The summed E-state index contributed by atoms with van der Waals surface area (Å²) in [4.78, 5) is 12.9. The zero-order chi connectivity index (χ0) is 23.0. The van der Waals surface area contributed by atoms with E-state index in [1.54, 1.807) is 0 Å². The van der Waals surface area contributed by atoms with Gasteiger partial charge in [-0.2, -0.15) is 13.2 Å². The van der Waals surface area contributed by atoms with Gasteiger partial charge in [0.25, 0.3) is 5.91 Å².